The molecule has 3 aromatic carbocycles. The number of carbonyl (C=O) groups is 2. The van der Waals surface area contributed by atoms with Crippen LogP contribution >= 0.6 is 0 Å². The second kappa shape index (κ2) is 11.5. The van der Waals surface area contributed by atoms with E-state index in [1.165, 1.54) is 12.1 Å². The van der Waals surface area contributed by atoms with Crippen LogP contribution in [0.5, 0.6) is 11.5 Å². The molecule has 0 bridgehead atoms. The zero-order valence-corrected chi connectivity index (χ0v) is 19.5. The molecule has 5 nitrogen and oxygen atoms in total. The van der Waals surface area contributed by atoms with Gasteiger partial charge in [0.1, 0.15) is 0 Å². The van der Waals surface area contributed by atoms with Crippen LogP contribution in [0.1, 0.15) is 28.4 Å². The number of rotatable bonds is 11. The number of hydrogen-bond donors (Lipinski definition) is 1. The van der Waals surface area contributed by atoms with Crippen molar-refractivity contribution < 1.29 is 28.6 Å². The summed E-state index contributed by atoms with van der Waals surface area (Å²) in [4.78, 5) is 23.9. The molecule has 1 N–H and O–H groups in total. The van der Waals surface area contributed by atoms with Crippen molar-refractivity contribution in [2.45, 2.75) is 23.9 Å². The predicted octanol–water partition coefficient (Wildman–Crippen LogP) is 4.89. The van der Waals surface area contributed by atoms with E-state index in [9.17, 15) is 19.1 Å². The molecule has 0 aliphatic heterocycles. The number of carboxylic acid groups (broad SMARTS) is 1. The van der Waals surface area contributed by atoms with E-state index < -0.39 is 20.6 Å². The van der Waals surface area contributed by atoms with Gasteiger partial charge in [0.25, 0.3) is 0 Å². The van der Waals surface area contributed by atoms with E-state index in [2.05, 4.69) is 0 Å². The molecule has 32 heavy (non-hydrogen) atoms. The maximum atomic E-state index is 13.9. The molecule has 0 saturated carbocycles. The van der Waals surface area contributed by atoms with Crippen molar-refractivity contribution in [3.05, 3.63) is 95.3 Å². The summed E-state index contributed by atoms with van der Waals surface area (Å²) in [5.41, 5.74) is 1.38. The third-order valence-corrected chi connectivity index (χ3v) is 9.75. The van der Waals surface area contributed by atoms with Gasteiger partial charge in [0.05, 0.1) is 0 Å². The van der Waals surface area contributed by atoms with Crippen LogP contribution in [0.4, 0.5) is 4.39 Å². The fourth-order valence-corrected chi connectivity index (χ4v) is 6.59. The zero-order chi connectivity index (χ0) is 22.9. The number of carboxylic acids is 1. The topological polar surface area (TPSA) is 72.8 Å². The average molecular weight is 498 g/mol. The molecule has 0 fully saturated rings. The Hall–Kier alpha value is -3.11. The van der Waals surface area contributed by atoms with Gasteiger partial charge in [-0.2, -0.15) is 0 Å². The van der Waals surface area contributed by atoms with Crippen LogP contribution in [0.3, 0.4) is 0 Å². The van der Waals surface area contributed by atoms with Gasteiger partial charge in [-0.1, -0.05) is 6.07 Å². The molecule has 0 heterocycles. The molecular weight excluding hydrogens is 474 g/mol. The van der Waals surface area contributed by atoms with E-state index in [4.69, 9.17) is 9.47 Å². The van der Waals surface area contributed by atoms with Crippen LogP contribution < -0.4 is 9.47 Å². The number of ether oxygens (including phenoxy) is 2. The van der Waals surface area contributed by atoms with E-state index in [1.54, 1.807) is 60.7 Å². The van der Waals surface area contributed by atoms with Crippen LogP contribution in [0.25, 0.3) is 0 Å². The van der Waals surface area contributed by atoms with Gasteiger partial charge < -0.3 is 5.11 Å². The fourth-order valence-electron chi connectivity index (χ4n) is 3.09. The summed E-state index contributed by atoms with van der Waals surface area (Å²) in [5.74, 6) is -0.172. The summed E-state index contributed by atoms with van der Waals surface area (Å²) >= 11 is -1.93. The molecule has 3 aromatic rings. The molecule has 3 rings (SSSR count). The van der Waals surface area contributed by atoms with Gasteiger partial charge in [0.15, 0.2) is 0 Å². The Balaban J connectivity index is 1.52. The molecule has 0 aliphatic carbocycles. The third kappa shape index (κ3) is 6.44. The van der Waals surface area contributed by atoms with E-state index in [-0.39, 0.29) is 29.2 Å². The van der Waals surface area contributed by atoms with Crippen LogP contribution in [-0.2, 0) is 16.6 Å². The Kier molecular flexibility index (Phi) is 8.46. The second-order valence-corrected chi connectivity index (χ2v) is 12.3. The van der Waals surface area contributed by atoms with Crippen LogP contribution in [0.2, 0.25) is 5.21 Å². The Morgan fingerprint density at radius 1 is 0.875 bits per heavy atom. The molecule has 7 heteroatoms. The Bertz CT molecular complexity index is 1070. The number of halogens is 1. The summed E-state index contributed by atoms with van der Waals surface area (Å²) in [5, 5.41) is 10.5. The maximum absolute atomic E-state index is 13.9. The first-order chi connectivity index (χ1) is 15.5. The van der Waals surface area contributed by atoms with Gasteiger partial charge in [-0.15, -0.1) is 0 Å². The van der Waals surface area contributed by atoms with Gasteiger partial charge in [-0.3, -0.25) is 0 Å². The van der Waals surface area contributed by atoms with Crippen LogP contribution in [0, 0.1) is 5.82 Å². The van der Waals surface area contributed by atoms with Crippen molar-refractivity contribution in [1.82, 2.24) is 0 Å². The molecule has 0 saturated heterocycles. The van der Waals surface area contributed by atoms with Gasteiger partial charge in [0, 0.05) is 0 Å². The summed E-state index contributed by atoms with van der Waals surface area (Å²) in [6, 6.07) is 20.1. The average Bonchev–Trinajstić information content (AvgIpc) is 2.81. The molecule has 0 spiro atoms. The van der Waals surface area contributed by atoms with E-state index in [0.717, 1.165) is 5.21 Å². The van der Waals surface area contributed by atoms with Crippen molar-refractivity contribution in [2.75, 3.05) is 6.61 Å². The first-order valence-corrected chi connectivity index (χ1v) is 13.7. The van der Waals surface area contributed by atoms with Crippen molar-refractivity contribution in [2.24, 2.45) is 0 Å². The minimum absolute atomic E-state index is 0.0333. The zero-order valence-electron chi connectivity index (χ0n) is 17.7. The SMILES string of the molecule is CC[As](Cc1ccccc1F)C(=O)COc1ccc(OCc2ccccc2C(=O)O)cc1. The monoisotopic (exact) mass is 498 g/mol. The van der Waals surface area contributed by atoms with Gasteiger partial charge >= 0.3 is 175 Å². The Morgan fingerprint density at radius 3 is 2.09 bits per heavy atom. The number of hydrogen-bond acceptors (Lipinski definition) is 4. The quantitative estimate of drug-likeness (QED) is 0.382. The molecule has 0 amide bonds. The first kappa shape index (κ1) is 23.5. The molecule has 0 radical (unpaired) electrons. The first-order valence-electron chi connectivity index (χ1n) is 10.2. The molecule has 166 valence electrons. The summed E-state index contributed by atoms with van der Waals surface area (Å²) in [6.45, 7) is 2.06. The van der Waals surface area contributed by atoms with Crippen LogP contribution in [0.15, 0.2) is 72.8 Å². The summed E-state index contributed by atoms with van der Waals surface area (Å²) in [6.07, 6.45) is 0. The van der Waals surface area contributed by atoms with E-state index in [1.807, 2.05) is 6.92 Å². The number of benzene rings is 3. The second-order valence-electron chi connectivity index (χ2n) is 7.01. The van der Waals surface area contributed by atoms with E-state index in [0.29, 0.717) is 27.8 Å². The van der Waals surface area contributed by atoms with Gasteiger partial charge in [0.2, 0.25) is 0 Å². The summed E-state index contributed by atoms with van der Waals surface area (Å²) in [7, 11) is 0. The Labute approximate surface area is 191 Å². The molecule has 1 atom stereocenters. The van der Waals surface area contributed by atoms with Gasteiger partial charge in [-0.25, -0.2) is 4.79 Å². The molecule has 0 aromatic heterocycles. The number of carbonyl (C=O) groups excluding carboxylic acids is 1. The third-order valence-electron chi connectivity index (χ3n) is 4.88. The Morgan fingerprint density at radius 2 is 1.47 bits per heavy atom. The minimum atomic E-state index is -1.93. The number of aromatic carboxylic acids is 1. The predicted molar refractivity (Wildman–Crippen MR) is 121 cm³/mol. The molecule has 0 aliphatic rings. The summed E-state index contributed by atoms with van der Waals surface area (Å²) < 4.78 is 25.3. The van der Waals surface area contributed by atoms with Crippen molar-refractivity contribution in [3.63, 3.8) is 0 Å². The van der Waals surface area contributed by atoms with Crippen molar-refractivity contribution >= 4 is 25.2 Å². The molecule has 1 unspecified atom stereocenters. The normalized spacial score (nSPS) is 11.6. The van der Waals surface area contributed by atoms with Crippen molar-refractivity contribution in [3.8, 4) is 11.5 Å². The van der Waals surface area contributed by atoms with E-state index >= 15 is 0 Å². The van der Waals surface area contributed by atoms with Gasteiger partial charge in [-0.05, 0) is 0 Å². The molecular formula is C25H24AsFO5. The standard InChI is InChI=1S/C25H24AsFO5/c1-2-26(15-18-7-4-6-10-23(18)27)24(28)17-32-21-13-11-20(12-14-21)31-16-19-8-3-5-9-22(19)25(29)30/h3-14H,2,15-17H2,1H3,(H,29,30). The van der Waals surface area contributed by atoms with Crippen LogP contribution in [-0.4, -0.2) is 36.9 Å². The van der Waals surface area contributed by atoms with Crippen molar-refractivity contribution in [1.29, 1.82) is 0 Å². The fraction of sp³-hybridized carbons (Fsp3) is 0.200.